The van der Waals surface area contributed by atoms with Gasteiger partial charge in [-0.1, -0.05) is 18.2 Å². The molecule has 1 unspecified atom stereocenters. The Labute approximate surface area is 140 Å². The van der Waals surface area contributed by atoms with E-state index >= 15 is 0 Å². The average molecular weight is 345 g/mol. The summed E-state index contributed by atoms with van der Waals surface area (Å²) in [4.78, 5) is 7.67. The largest absolute Gasteiger partial charge is 0.385 e. The van der Waals surface area contributed by atoms with E-state index in [1.165, 1.54) is 18.4 Å². The first-order valence-electron chi connectivity index (χ1n) is 7.50. The third-order valence-electron chi connectivity index (χ3n) is 3.86. The highest BCUT2D eigenvalue weighted by Crippen LogP contribution is 2.26. The summed E-state index contributed by atoms with van der Waals surface area (Å²) >= 11 is 0. The van der Waals surface area contributed by atoms with E-state index in [9.17, 15) is 13.5 Å². The van der Waals surface area contributed by atoms with E-state index in [1.54, 1.807) is 31.2 Å². The SMILES string of the molecule is CC(O)c1nc2ccc(-c3ccc(S(=O)(=O)N(C)C)cc3)cc2[nH]1. The molecule has 1 aromatic heterocycles. The Morgan fingerprint density at radius 2 is 1.71 bits per heavy atom. The van der Waals surface area contributed by atoms with Crippen LogP contribution in [0.2, 0.25) is 0 Å². The molecule has 0 amide bonds. The Morgan fingerprint density at radius 3 is 2.29 bits per heavy atom. The fourth-order valence-corrected chi connectivity index (χ4v) is 3.34. The molecule has 1 atom stereocenters. The van der Waals surface area contributed by atoms with Crippen LogP contribution in [0.3, 0.4) is 0 Å². The highest BCUT2D eigenvalue weighted by atomic mass is 32.2. The summed E-state index contributed by atoms with van der Waals surface area (Å²) in [5, 5.41) is 9.61. The van der Waals surface area contributed by atoms with Crippen LogP contribution in [0.15, 0.2) is 47.4 Å². The van der Waals surface area contributed by atoms with Crippen molar-refractivity contribution in [3.63, 3.8) is 0 Å². The van der Waals surface area contributed by atoms with E-state index in [0.29, 0.717) is 5.82 Å². The summed E-state index contributed by atoms with van der Waals surface area (Å²) in [6.07, 6.45) is -0.656. The first kappa shape index (κ1) is 16.6. The highest BCUT2D eigenvalue weighted by molar-refractivity contribution is 7.89. The predicted molar refractivity (Wildman–Crippen MR) is 93.0 cm³/mol. The van der Waals surface area contributed by atoms with Crippen molar-refractivity contribution in [1.29, 1.82) is 0 Å². The van der Waals surface area contributed by atoms with Gasteiger partial charge in [-0.15, -0.1) is 0 Å². The zero-order valence-corrected chi connectivity index (χ0v) is 14.5. The van der Waals surface area contributed by atoms with E-state index in [2.05, 4.69) is 9.97 Å². The number of nitrogens with zero attached hydrogens (tertiary/aromatic N) is 2. The van der Waals surface area contributed by atoms with E-state index in [-0.39, 0.29) is 4.90 Å². The summed E-state index contributed by atoms with van der Waals surface area (Å²) in [5.41, 5.74) is 3.45. The van der Waals surface area contributed by atoms with Gasteiger partial charge >= 0.3 is 0 Å². The number of nitrogens with one attached hydrogen (secondary N) is 1. The number of imidazole rings is 1. The van der Waals surface area contributed by atoms with E-state index in [0.717, 1.165) is 22.2 Å². The maximum atomic E-state index is 12.1. The molecule has 3 rings (SSSR count). The fraction of sp³-hybridized carbons (Fsp3) is 0.235. The van der Waals surface area contributed by atoms with Crippen LogP contribution in [0, 0.1) is 0 Å². The molecule has 0 saturated heterocycles. The van der Waals surface area contributed by atoms with Crippen molar-refractivity contribution in [2.45, 2.75) is 17.9 Å². The second kappa shape index (κ2) is 6.01. The highest BCUT2D eigenvalue weighted by Gasteiger charge is 2.16. The Bertz CT molecular complexity index is 974. The zero-order valence-electron chi connectivity index (χ0n) is 13.7. The molecule has 7 heteroatoms. The molecule has 0 spiro atoms. The molecule has 0 radical (unpaired) electrons. The van der Waals surface area contributed by atoms with Crippen molar-refractivity contribution in [2.24, 2.45) is 0 Å². The summed E-state index contributed by atoms with van der Waals surface area (Å²) in [6.45, 7) is 1.66. The lowest BCUT2D eigenvalue weighted by molar-refractivity contribution is 0.190. The van der Waals surface area contributed by atoms with Crippen molar-refractivity contribution in [2.75, 3.05) is 14.1 Å². The second-order valence-electron chi connectivity index (χ2n) is 5.84. The molecule has 2 N–H and O–H groups in total. The van der Waals surface area contributed by atoms with Crippen LogP contribution < -0.4 is 0 Å². The van der Waals surface area contributed by atoms with Gasteiger partial charge in [0.05, 0.1) is 15.9 Å². The van der Waals surface area contributed by atoms with Crippen LogP contribution in [0.1, 0.15) is 18.9 Å². The van der Waals surface area contributed by atoms with Gasteiger partial charge in [0.2, 0.25) is 10.0 Å². The summed E-state index contributed by atoms with van der Waals surface area (Å²) in [5.74, 6) is 0.523. The number of aromatic nitrogens is 2. The molecule has 0 saturated carbocycles. The van der Waals surface area contributed by atoms with E-state index in [1.807, 2.05) is 18.2 Å². The molecule has 3 aromatic rings. The van der Waals surface area contributed by atoms with Gasteiger partial charge in [-0.2, -0.15) is 0 Å². The molecule has 1 heterocycles. The molecule has 0 aliphatic carbocycles. The predicted octanol–water partition coefficient (Wildman–Crippen LogP) is 2.53. The van der Waals surface area contributed by atoms with Gasteiger partial charge in [0.15, 0.2) is 0 Å². The molecule has 0 aliphatic heterocycles. The second-order valence-corrected chi connectivity index (χ2v) is 7.99. The topological polar surface area (TPSA) is 86.3 Å². The molecular weight excluding hydrogens is 326 g/mol. The minimum atomic E-state index is -3.43. The number of sulfonamides is 1. The number of aliphatic hydroxyl groups excluding tert-OH is 1. The number of fused-ring (bicyclic) bond motifs is 1. The summed E-state index contributed by atoms with van der Waals surface area (Å²) in [7, 11) is -0.409. The van der Waals surface area contributed by atoms with Crippen LogP contribution >= 0.6 is 0 Å². The third kappa shape index (κ3) is 2.93. The normalized spacial score (nSPS) is 13.5. The monoisotopic (exact) mass is 345 g/mol. The van der Waals surface area contributed by atoms with Crippen molar-refractivity contribution >= 4 is 21.1 Å². The van der Waals surface area contributed by atoms with Gasteiger partial charge in [-0.25, -0.2) is 17.7 Å². The van der Waals surface area contributed by atoms with Crippen molar-refractivity contribution < 1.29 is 13.5 Å². The molecule has 6 nitrogen and oxygen atoms in total. The molecular formula is C17H19N3O3S. The lowest BCUT2D eigenvalue weighted by Crippen LogP contribution is -2.22. The molecule has 0 fully saturated rings. The number of aromatic amines is 1. The number of benzene rings is 2. The maximum absolute atomic E-state index is 12.1. The fourth-order valence-electron chi connectivity index (χ4n) is 2.44. The number of H-pyrrole nitrogens is 1. The molecule has 24 heavy (non-hydrogen) atoms. The maximum Gasteiger partial charge on any atom is 0.242 e. The minimum absolute atomic E-state index is 0.259. The number of rotatable bonds is 4. The summed E-state index contributed by atoms with van der Waals surface area (Å²) < 4.78 is 25.4. The first-order chi connectivity index (χ1) is 11.3. The van der Waals surface area contributed by atoms with Crippen LogP contribution in [0.4, 0.5) is 0 Å². The van der Waals surface area contributed by atoms with Gasteiger partial charge in [-0.05, 0) is 42.3 Å². The van der Waals surface area contributed by atoms with Crippen molar-refractivity contribution in [1.82, 2.24) is 14.3 Å². The van der Waals surface area contributed by atoms with E-state index in [4.69, 9.17) is 0 Å². The van der Waals surface area contributed by atoms with Gasteiger partial charge in [0.1, 0.15) is 11.9 Å². The van der Waals surface area contributed by atoms with Crippen LogP contribution in [0.5, 0.6) is 0 Å². The Kier molecular flexibility index (Phi) is 4.16. The zero-order chi connectivity index (χ0) is 17.5. The van der Waals surface area contributed by atoms with Gasteiger partial charge in [-0.3, -0.25) is 0 Å². The van der Waals surface area contributed by atoms with Gasteiger partial charge < -0.3 is 10.1 Å². The number of hydrogen-bond acceptors (Lipinski definition) is 4. The lowest BCUT2D eigenvalue weighted by Gasteiger charge is -2.11. The van der Waals surface area contributed by atoms with Gasteiger partial charge in [0, 0.05) is 14.1 Å². The van der Waals surface area contributed by atoms with Crippen molar-refractivity contribution in [3.05, 3.63) is 48.3 Å². The smallest absolute Gasteiger partial charge is 0.242 e. The molecule has 0 bridgehead atoms. The number of aliphatic hydroxyl groups is 1. The van der Waals surface area contributed by atoms with Crippen LogP contribution in [-0.2, 0) is 10.0 Å². The first-order valence-corrected chi connectivity index (χ1v) is 8.94. The van der Waals surface area contributed by atoms with Crippen LogP contribution in [0.25, 0.3) is 22.2 Å². The molecule has 0 aliphatic rings. The average Bonchev–Trinajstić information content (AvgIpc) is 2.98. The molecule has 126 valence electrons. The Hall–Kier alpha value is -2.22. The van der Waals surface area contributed by atoms with Crippen LogP contribution in [-0.4, -0.2) is 41.9 Å². The minimum Gasteiger partial charge on any atom is -0.385 e. The standard InChI is InChI=1S/C17H19N3O3S/c1-11(21)17-18-15-9-6-13(10-16(15)19-17)12-4-7-14(8-5-12)24(22,23)20(2)3/h4-11,21H,1-3H3,(H,18,19). The third-order valence-corrected chi connectivity index (χ3v) is 5.69. The van der Waals surface area contributed by atoms with E-state index < -0.39 is 16.1 Å². The lowest BCUT2D eigenvalue weighted by atomic mass is 10.1. The quantitative estimate of drug-likeness (QED) is 0.761. The Morgan fingerprint density at radius 1 is 1.08 bits per heavy atom. The number of hydrogen-bond donors (Lipinski definition) is 2. The van der Waals surface area contributed by atoms with Gasteiger partial charge in [0.25, 0.3) is 0 Å². The Balaban J connectivity index is 1.98. The molecule has 2 aromatic carbocycles. The summed E-state index contributed by atoms with van der Waals surface area (Å²) in [6, 6.07) is 12.5. The van der Waals surface area contributed by atoms with Crippen molar-refractivity contribution in [3.8, 4) is 11.1 Å².